The summed E-state index contributed by atoms with van der Waals surface area (Å²) >= 11 is 3.51. The molecular formula is C22H20BrF3N2O4S. The van der Waals surface area contributed by atoms with Gasteiger partial charge < -0.3 is 9.47 Å². The highest BCUT2D eigenvalue weighted by molar-refractivity contribution is 9.10. The first-order valence-electron chi connectivity index (χ1n) is 9.76. The van der Waals surface area contributed by atoms with Gasteiger partial charge in [0.25, 0.3) is 0 Å². The van der Waals surface area contributed by atoms with Crippen molar-refractivity contribution in [1.29, 1.82) is 0 Å². The van der Waals surface area contributed by atoms with Gasteiger partial charge in [0.1, 0.15) is 17.6 Å². The number of hydrogen-bond donors (Lipinski definition) is 1. The molecule has 1 unspecified atom stereocenters. The molecule has 33 heavy (non-hydrogen) atoms. The number of fused-ring (bicyclic) bond motifs is 2. The maximum atomic E-state index is 14.1. The van der Waals surface area contributed by atoms with Gasteiger partial charge in [-0.2, -0.15) is 13.2 Å². The first-order valence-corrected chi connectivity index (χ1v) is 12.4. The number of methoxy groups -OCH3 is 1. The maximum Gasteiger partial charge on any atom is 0.416 e. The second kappa shape index (κ2) is 7.76. The van der Waals surface area contributed by atoms with Crippen molar-refractivity contribution in [3.8, 4) is 11.5 Å². The van der Waals surface area contributed by atoms with Crippen LogP contribution in [0.4, 0.5) is 18.9 Å². The predicted molar refractivity (Wildman–Crippen MR) is 122 cm³/mol. The van der Waals surface area contributed by atoms with Gasteiger partial charge in [0.15, 0.2) is 0 Å². The van der Waals surface area contributed by atoms with Crippen LogP contribution in [0.1, 0.15) is 36.6 Å². The summed E-state index contributed by atoms with van der Waals surface area (Å²) in [5, 5.41) is 0.701. The molecule has 0 aliphatic carbocycles. The number of nitrogens with one attached hydrogen (secondary N) is 1. The molecule has 0 fully saturated rings. The van der Waals surface area contributed by atoms with E-state index in [2.05, 4.69) is 25.6 Å². The summed E-state index contributed by atoms with van der Waals surface area (Å²) in [4.78, 5) is 4.36. The Morgan fingerprint density at radius 1 is 1.24 bits per heavy atom. The monoisotopic (exact) mass is 544 g/mol. The third-order valence-corrected chi connectivity index (χ3v) is 6.94. The van der Waals surface area contributed by atoms with Crippen molar-refractivity contribution in [2.45, 2.75) is 31.5 Å². The molecular weight excluding hydrogens is 525 g/mol. The normalized spacial score (nSPS) is 17.5. The SMILES string of the molecule is COc1c2c(c(Br)c3ncccc13)OC(c1ccc(NS(C)(=O)=O)cc1C(F)(F)F)C2(C)C. The Hall–Kier alpha value is -2.53. The van der Waals surface area contributed by atoms with Crippen molar-refractivity contribution in [3.05, 3.63) is 57.7 Å². The van der Waals surface area contributed by atoms with E-state index in [1.165, 1.54) is 19.2 Å². The number of nitrogens with zero attached hydrogens (tertiary/aromatic N) is 1. The van der Waals surface area contributed by atoms with Gasteiger partial charge in [-0.15, -0.1) is 0 Å². The Labute approximate surface area is 197 Å². The number of aromatic nitrogens is 1. The number of halogens is 4. The van der Waals surface area contributed by atoms with Crippen LogP contribution in [0.15, 0.2) is 41.0 Å². The first kappa shape index (κ1) is 23.6. The number of hydrogen-bond acceptors (Lipinski definition) is 5. The molecule has 1 atom stereocenters. The average molecular weight is 545 g/mol. The molecule has 1 N–H and O–H groups in total. The van der Waals surface area contributed by atoms with Gasteiger partial charge in [0.2, 0.25) is 10.0 Å². The van der Waals surface area contributed by atoms with Crippen LogP contribution in [0, 0.1) is 0 Å². The summed E-state index contributed by atoms with van der Waals surface area (Å²) in [5.41, 5.74) is -1.04. The molecule has 0 saturated heterocycles. The fraction of sp³-hybridized carbons (Fsp3) is 0.318. The summed E-state index contributed by atoms with van der Waals surface area (Å²) < 4.78 is 79.7. The second-order valence-electron chi connectivity index (χ2n) is 8.34. The topological polar surface area (TPSA) is 77.5 Å². The molecule has 1 aromatic heterocycles. The van der Waals surface area contributed by atoms with Gasteiger partial charge in [-0.3, -0.25) is 9.71 Å². The van der Waals surface area contributed by atoms with Crippen LogP contribution in [-0.4, -0.2) is 26.8 Å². The van der Waals surface area contributed by atoms with Crippen molar-refractivity contribution < 1.29 is 31.1 Å². The maximum absolute atomic E-state index is 14.1. The summed E-state index contributed by atoms with van der Waals surface area (Å²) in [6, 6.07) is 6.89. The minimum Gasteiger partial charge on any atom is -0.496 e. The third-order valence-electron chi connectivity index (χ3n) is 5.60. The predicted octanol–water partition coefficient (Wildman–Crippen LogP) is 5.81. The molecule has 11 heteroatoms. The van der Waals surface area contributed by atoms with Gasteiger partial charge >= 0.3 is 6.18 Å². The van der Waals surface area contributed by atoms with E-state index in [-0.39, 0.29) is 11.3 Å². The number of sulfonamides is 1. The summed E-state index contributed by atoms with van der Waals surface area (Å²) in [6.07, 6.45) is -3.30. The second-order valence-corrected chi connectivity index (χ2v) is 10.9. The Morgan fingerprint density at radius 3 is 2.55 bits per heavy atom. The minimum absolute atomic E-state index is 0.117. The third kappa shape index (κ3) is 4.01. The molecule has 4 rings (SSSR count). The van der Waals surface area contributed by atoms with E-state index < -0.39 is 33.3 Å². The molecule has 6 nitrogen and oxygen atoms in total. The molecule has 1 aliphatic heterocycles. The molecule has 0 radical (unpaired) electrons. The zero-order chi connectivity index (χ0) is 24.3. The number of anilines is 1. The van der Waals surface area contributed by atoms with Crippen LogP contribution >= 0.6 is 15.9 Å². The van der Waals surface area contributed by atoms with E-state index in [0.717, 1.165) is 12.3 Å². The molecule has 2 heterocycles. The summed E-state index contributed by atoms with van der Waals surface area (Å²) in [6.45, 7) is 3.56. The highest BCUT2D eigenvalue weighted by atomic mass is 79.9. The molecule has 0 spiro atoms. The van der Waals surface area contributed by atoms with Crippen LogP contribution in [0.2, 0.25) is 0 Å². The van der Waals surface area contributed by atoms with Crippen LogP contribution in [0.3, 0.4) is 0 Å². The zero-order valence-corrected chi connectivity index (χ0v) is 20.4. The van der Waals surface area contributed by atoms with Crippen molar-refractivity contribution >= 4 is 42.5 Å². The van der Waals surface area contributed by atoms with Crippen LogP contribution in [0.25, 0.3) is 10.9 Å². The highest BCUT2D eigenvalue weighted by Crippen LogP contribution is 2.59. The van der Waals surface area contributed by atoms with Gasteiger partial charge in [-0.05, 0) is 40.2 Å². The zero-order valence-electron chi connectivity index (χ0n) is 18.0. The summed E-state index contributed by atoms with van der Waals surface area (Å²) in [5.74, 6) is 0.840. The Bertz CT molecular complexity index is 1370. The standard InChI is InChI=1S/C22H20BrF3N2O4S/c1-21(2)15-18(31-3)13-6-5-9-27-17(13)16(23)19(15)32-20(21)12-8-7-11(28-33(4,29)30)10-14(12)22(24,25)26/h5-10,20,28H,1-4H3. The smallest absolute Gasteiger partial charge is 0.416 e. The van der Waals surface area contributed by atoms with E-state index in [1.54, 1.807) is 26.1 Å². The fourth-order valence-electron chi connectivity index (χ4n) is 4.28. The molecule has 3 aromatic rings. The fourth-order valence-corrected chi connectivity index (χ4v) is 5.45. The van der Waals surface area contributed by atoms with E-state index in [1.807, 2.05) is 6.07 Å². The molecule has 0 amide bonds. The quantitative estimate of drug-likeness (QED) is 0.448. The number of alkyl halides is 3. The van der Waals surface area contributed by atoms with Gasteiger partial charge in [-0.25, -0.2) is 8.42 Å². The molecule has 1 aliphatic rings. The molecule has 176 valence electrons. The lowest BCUT2D eigenvalue weighted by atomic mass is 9.76. The van der Waals surface area contributed by atoms with Crippen molar-refractivity contribution in [1.82, 2.24) is 4.98 Å². The van der Waals surface area contributed by atoms with E-state index in [4.69, 9.17) is 9.47 Å². The van der Waals surface area contributed by atoms with Gasteiger partial charge in [-0.1, -0.05) is 19.9 Å². The Kier molecular flexibility index (Phi) is 5.56. The lowest BCUT2D eigenvalue weighted by Gasteiger charge is -2.29. The number of rotatable bonds is 4. The number of benzene rings is 2. The van der Waals surface area contributed by atoms with Gasteiger partial charge in [0, 0.05) is 33.8 Å². The molecule has 2 aromatic carbocycles. The average Bonchev–Trinajstić information content (AvgIpc) is 2.98. The largest absolute Gasteiger partial charge is 0.496 e. The van der Waals surface area contributed by atoms with Crippen LogP contribution in [0.5, 0.6) is 11.5 Å². The number of pyridine rings is 1. The van der Waals surface area contributed by atoms with E-state index >= 15 is 0 Å². The Balaban J connectivity index is 1.94. The lowest BCUT2D eigenvalue weighted by Crippen LogP contribution is -2.27. The van der Waals surface area contributed by atoms with E-state index in [0.29, 0.717) is 32.4 Å². The highest BCUT2D eigenvalue weighted by Gasteiger charge is 2.49. The van der Waals surface area contributed by atoms with Crippen LogP contribution < -0.4 is 14.2 Å². The molecule has 0 saturated carbocycles. The Morgan fingerprint density at radius 2 is 1.94 bits per heavy atom. The minimum atomic E-state index is -4.74. The number of ether oxygens (including phenoxy) is 2. The molecule has 0 bridgehead atoms. The lowest BCUT2D eigenvalue weighted by molar-refractivity contribution is -0.139. The first-order chi connectivity index (χ1) is 15.3. The van der Waals surface area contributed by atoms with Crippen LogP contribution in [-0.2, 0) is 21.6 Å². The van der Waals surface area contributed by atoms with E-state index in [9.17, 15) is 21.6 Å². The van der Waals surface area contributed by atoms with Crippen molar-refractivity contribution in [2.75, 3.05) is 18.1 Å². The summed E-state index contributed by atoms with van der Waals surface area (Å²) in [7, 11) is -2.26. The van der Waals surface area contributed by atoms with Crippen molar-refractivity contribution in [3.63, 3.8) is 0 Å². The van der Waals surface area contributed by atoms with Gasteiger partial charge in [0.05, 0.1) is 28.9 Å². The van der Waals surface area contributed by atoms with Crippen molar-refractivity contribution in [2.24, 2.45) is 0 Å².